The van der Waals surface area contributed by atoms with Gasteiger partial charge in [0.25, 0.3) is 0 Å². The predicted molar refractivity (Wildman–Crippen MR) is 82.8 cm³/mol. The van der Waals surface area contributed by atoms with Crippen LogP contribution in [0.15, 0.2) is 54.6 Å². The van der Waals surface area contributed by atoms with Crippen LogP contribution >= 0.6 is 11.6 Å². The van der Waals surface area contributed by atoms with E-state index < -0.39 is 0 Å². The first-order valence-electron chi connectivity index (χ1n) is 6.74. The summed E-state index contributed by atoms with van der Waals surface area (Å²) in [5.41, 5.74) is 2.12. The topological polar surface area (TPSA) is 29.1 Å². The number of hydrogen-bond acceptors (Lipinski definition) is 1. The van der Waals surface area contributed by atoms with E-state index in [0.717, 1.165) is 16.1 Å². The molecule has 0 aliphatic carbocycles. The van der Waals surface area contributed by atoms with Crippen LogP contribution in [0.5, 0.6) is 0 Å². The van der Waals surface area contributed by atoms with Crippen molar-refractivity contribution in [2.24, 2.45) is 0 Å². The van der Waals surface area contributed by atoms with E-state index in [-0.39, 0.29) is 11.9 Å². The van der Waals surface area contributed by atoms with Gasteiger partial charge in [0.05, 0.1) is 6.04 Å². The van der Waals surface area contributed by atoms with Gasteiger partial charge in [-0.15, -0.1) is 0 Å². The Labute approximate surface area is 124 Å². The van der Waals surface area contributed by atoms with Gasteiger partial charge in [0.1, 0.15) is 0 Å². The van der Waals surface area contributed by atoms with Gasteiger partial charge in [0, 0.05) is 11.4 Å². The number of aryl methyl sites for hydroxylation is 1. The summed E-state index contributed by atoms with van der Waals surface area (Å²) in [6, 6.07) is 17.6. The molecule has 0 aliphatic rings. The first-order chi connectivity index (χ1) is 9.66. The quantitative estimate of drug-likeness (QED) is 0.879. The summed E-state index contributed by atoms with van der Waals surface area (Å²) in [5, 5.41) is 3.72. The number of halogens is 1. The minimum Gasteiger partial charge on any atom is -0.350 e. The number of carbonyl (C=O) groups is 1. The van der Waals surface area contributed by atoms with E-state index in [0.29, 0.717) is 12.8 Å². The number of rotatable bonds is 5. The fraction of sp³-hybridized carbons (Fsp3) is 0.235. The minimum atomic E-state index is 0.0231. The minimum absolute atomic E-state index is 0.0231. The fourth-order valence-corrected chi connectivity index (χ4v) is 2.32. The highest BCUT2D eigenvalue weighted by Gasteiger charge is 2.09. The zero-order chi connectivity index (χ0) is 14.4. The zero-order valence-electron chi connectivity index (χ0n) is 11.5. The molecule has 0 saturated carbocycles. The predicted octanol–water partition coefficient (Wildman–Crippen LogP) is 4.15. The SMILES string of the molecule is CC(NC(=O)CCc1ccccc1Cl)c1ccccc1. The molecule has 2 nitrogen and oxygen atoms in total. The van der Waals surface area contributed by atoms with E-state index in [1.807, 2.05) is 61.5 Å². The van der Waals surface area contributed by atoms with Gasteiger partial charge in [0.2, 0.25) is 5.91 Å². The van der Waals surface area contributed by atoms with Gasteiger partial charge in [0.15, 0.2) is 0 Å². The second kappa shape index (κ2) is 7.11. The lowest BCUT2D eigenvalue weighted by atomic mass is 10.1. The highest BCUT2D eigenvalue weighted by Crippen LogP contribution is 2.17. The lowest BCUT2D eigenvalue weighted by Gasteiger charge is -2.14. The van der Waals surface area contributed by atoms with Gasteiger partial charge in [-0.25, -0.2) is 0 Å². The van der Waals surface area contributed by atoms with Crippen LogP contribution in [0.1, 0.15) is 30.5 Å². The van der Waals surface area contributed by atoms with Crippen molar-refractivity contribution in [3.05, 3.63) is 70.7 Å². The number of amides is 1. The first-order valence-corrected chi connectivity index (χ1v) is 7.12. The van der Waals surface area contributed by atoms with Crippen molar-refractivity contribution in [1.29, 1.82) is 0 Å². The van der Waals surface area contributed by atoms with E-state index >= 15 is 0 Å². The molecule has 0 bridgehead atoms. The van der Waals surface area contributed by atoms with Gasteiger partial charge in [-0.1, -0.05) is 60.1 Å². The molecule has 2 aromatic carbocycles. The summed E-state index contributed by atoms with van der Waals surface area (Å²) in [7, 11) is 0. The summed E-state index contributed by atoms with van der Waals surface area (Å²) in [5.74, 6) is 0.0428. The van der Waals surface area contributed by atoms with Crippen molar-refractivity contribution >= 4 is 17.5 Å². The Bertz CT molecular complexity index is 568. The van der Waals surface area contributed by atoms with Crippen molar-refractivity contribution < 1.29 is 4.79 Å². The molecule has 0 saturated heterocycles. The van der Waals surface area contributed by atoms with E-state index in [9.17, 15) is 4.79 Å². The molecule has 3 heteroatoms. The third-order valence-electron chi connectivity index (χ3n) is 3.26. The molecule has 2 aromatic rings. The lowest BCUT2D eigenvalue weighted by molar-refractivity contribution is -0.121. The smallest absolute Gasteiger partial charge is 0.220 e. The molecule has 0 fully saturated rings. The van der Waals surface area contributed by atoms with Gasteiger partial charge in [-0.05, 0) is 30.5 Å². The monoisotopic (exact) mass is 287 g/mol. The van der Waals surface area contributed by atoms with Crippen LogP contribution in [0.4, 0.5) is 0 Å². The number of carbonyl (C=O) groups excluding carboxylic acids is 1. The molecular weight excluding hydrogens is 270 g/mol. The van der Waals surface area contributed by atoms with Gasteiger partial charge in [-0.2, -0.15) is 0 Å². The molecular formula is C17H18ClNO. The maximum absolute atomic E-state index is 12.0. The van der Waals surface area contributed by atoms with E-state index in [1.165, 1.54) is 0 Å². The Balaban J connectivity index is 1.86. The molecule has 2 rings (SSSR count). The molecule has 0 radical (unpaired) electrons. The summed E-state index contributed by atoms with van der Waals surface area (Å²) in [6.45, 7) is 1.99. The number of hydrogen-bond donors (Lipinski definition) is 1. The largest absolute Gasteiger partial charge is 0.350 e. The normalized spacial score (nSPS) is 11.9. The molecule has 0 heterocycles. The Morgan fingerprint density at radius 3 is 2.45 bits per heavy atom. The molecule has 0 aliphatic heterocycles. The summed E-state index contributed by atoms with van der Waals surface area (Å²) >= 11 is 6.08. The van der Waals surface area contributed by atoms with Crippen LogP contribution in [0.2, 0.25) is 5.02 Å². The van der Waals surface area contributed by atoms with Gasteiger partial charge in [-0.3, -0.25) is 4.79 Å². The second-order valence-corrected chi connectivity index (χ2v) is 5.20. The summed E-state index contributed by atoms with van der Waals surface area (Å²) in [6.07, 6.45) is 1.11. The highest BCUT2D eigenvalue weighted by molar-refractivity contribution is 6.31. The zero-order valence-corrected chi connectivity index (χ0v) is 12.2. The number of benzene rings is 2. The average molecular weight is 288 g/mol. The Kier molecular flexibility index (Phi) is 5.19. The molecule has 1 unspecified atom stereocenters. The van der Waals surface area contributed by atoms with Crippen LogP contribution in [0, 0.1) is 0 Å². The summed E-state index contributed by atoms with van der Waals surface area (Å²) in [4.78, 5) is 12.0. The molecule has 0 spiro atoms. The molecule has 104 valence electrons. The molecule has 1 N–H and O–H groups in total. The summed E-state index contributed by atoms with van der Waals surface area (Å²) < 4.78 is 0. The Hall–Kier alpha value is -1.80. The third kappa shape index (κ3) is 4.10. The second-order valence-electron chi connectivity index (χ2n) is 4.79. The van der Waals surface area contributed by atoms with Crippen molar-refractivity contribution in [1.82, 2.24) is 5.32 Å². The van der Waals surface area contributed by atoms with Crippen molar-refractivity contribution in [3.63, 3.8) is 0 Å². The number of nitrogens with one attached hydrogen (secondary N) is 1. The van der Waals surface area contributed by atoms with E-state index in [1.54, 1.807) is 0 Å². The maximum atomic E-state index is 12.0. The van der Waals surface area contributed by atoms with Crippen molar-refractivity contribution in [2.45, 2.75) is 25.8 Å². The van der Waals surface area contributed by atoms with Crippen LogP contribution in [0.3, 0.4) is 0 Å². The van der Waals surface area contributed by atoms with Crippen molar-refractivity contribution in [2.75, 3.05) is 0 Å². The third-order valence-corrected chi connectivity index (χ3v) is 3.63. The van der Waals surface area contributed by atoms with Gasteiger partial charge >= 0.3 is 0 Å². The average Bonchev–Trinajstić information content (AvgIpc) is 2.47. The molecule has 1 atom stereocenters. The van der Waals surface area contributed by atoms with Crippen LogP contribution < -0.4 is 5.32 Å². The van der Waals surface area contributed by atoms with Crippen molar-refractivity contribution in [3.8, 4) is 0 Å². The lowest BCUT2D eigenvalue weighted by Crippen LogP contribution is -2.26. The molecule has 0 aromatic heterocycles. The van der Waals surface area contributed by atoms with Crippen LogP contribution in [0.25, 0.3) is 0 Å². The van der Waals surface area contributed by atoms with E-state index in [4.69, 9.17) is 11.6 Å². The Morgan fingerprint density at radius 2 is 1.75 bits per heavy atom. The fourth-order valence-electron chi connectivity index (χ4n) is 2.09. The van der Waals surface area contributed by atoms with Gasteiger partial charge < -0.3 is 5.32 Å². The van der Waals surface area contributed by atoms with Crippen LogP contribution in [-0.4, -0.2) is 5.91 Å². The molecule has 20 heavy (non-hydrogen) atoms. The first kappa shape index (κ1) is 14.6. The maximum Gasteiger partial charge on any atom is 0.220 e. The standard InChI is InChI=1S/C17H18ClNO/c1-13(14-7-3-2-4-8-14)19-17(20)12-11-15-9-5-6-10-16(15)18/h2-10,13H,11-12H2,1H3,(H,19,20). The Morgan fingerprint density at radius 1 is 1.10 bits per heavy atom. The van der Waals surface area contributed by atoms with E-state index in [2.05, 4.69) is 5.32 Å². The molecule has 1 amide bonds. The highest BCUT2D eigenvalue weighted by atomic mass is 35.5. The van der Waals surface area contributed by atoms with Crippen LogP contribution in [-0.2, 0) is 11.2 Å².